The summed E-state index contributed by atoms with van der Waals surface area (Å²) in [6, 6.07) is 15.2. The Hall–Kier alpha value is -1.20. The van der Waals surface area contributed by atoms with Crippen LogP contribution in [-0.4, -0.2) is 18.7 Å². The highest BCUT2D eigenvalue weighted by atomic mass is 35.5. The van der Waals surface area contributed by atoms with Gasteiger partial charge in [0.25, 0.3) is 0 Å². The zero-order chi connectivity index (χ0) is 19.2. The van der Waals surface area contributed by atoms with Gasteiger partial charge in [0.05, 0.1) is 23.6 Å². The quantitative estimate of drug-likeness (QED) is 0.270. The Bertz CT molecular complexity index is 755. The fraction of sp³-hybridized carbons (Fsp3) is 0.455. The molecule has 0 amide bonds. The Balaban J connectivity index is 1.95. The Kier molecular flexibility index (Phi) is 7.48. The zero-order valence-electron chi connectivity index (χ0n) is 16.5. The maximum absolute atomic E-state index is 6.00. The van der Waals surface area contributed by atoms with Crippen molar-refractivity contribution in [1.82, 2.24) is 5.06 Å². The zero-order valence-corrected chi connectivity index (χ0v) is 18.0. The van der Waals surface area contributed by atoms with Gasteiger partial charge < -0.3 is 4.31 Å². The number of unbranched alkanes of at least 4 members (excludes halogenated alkanes) is 4. The molecule has 0 bridgehead atoms. The number of rotatable bonds is 8. The van der Waals surface area contributed by atoms with Crippen molar-refractivity contribution in [2.75, 3.05) is 17.9 Å². The van der Waals surface area contributed by atoms with Crippen molar-refractivity contribution in [3.05, 3.63) is 59.2 Å². The highest BCUT2D eigenvalue weighted by molar-refractivity contribution is 8.00. The van der Waals surface area contributed by atoms with Crippen LogP contribution >= 0.6 is 23.8 Å². The number of hydroxylamine groups is 2. The lowest BCUT2D eigenvalue weighted by atomic mass is 9.95. The molecule has 2 aromatic carbocycles. The summed E-state index contributed by atoms with van der Waals surface area (Å²) in [6.07, 6.45) is 6.09. The van der Waals surface area contributed by atoms with E-state index in [1.165, 1.54) is 53.0 Å². The average molecular weight is 405 g/mol. The molecule has 1 atom stereocenters. The molecule has 1 heterocycles. The van der Waals surface area contributed by atoms with E-state index in [1.54, 1.807) is 11.9 Å². The van der Waals surface area contributed by atoms with E-state index >= 15 is 0 Å². The monoisotopic (exact) mass is 404 g/mol. The second-order valence-corrected chi connectivity index (χ2v) is 8.52. The first-order valence-electron chi connectivity index (χ1n) is 9.82. The van der Waals surface area contributed by atoms with Gasteiger partial charge in [-0.25, -0.2) is 0 Å². The first-order valence-corrected chi connectivity index (χ1v) is 10.9. The van der Waals surface area contributed by atoms with Crippen molar-refractivity contribution in [3.63, 3.8) is 0 Å². The van der Waals surface area contributed by atoms with Crippen LogP contribution in [0.15, 0.2) is 47.4 Å². The standard InChI is InChI=1S/C22H29ClN2OS/c1-4-5-6-7-10-15-25(26-23)22-18-11-8-9-12-20(18)24(3)27-21-16-17(2)13-14-19(21)22/h8-9,11-14,16,22H,4-7,10,15H2,1-3H3. The third kappa shape index (κ3) is 4.80. The van der Waals surface area contributed by atoms with Gasteiger partial charge in [-0.3, -0.25) is 0 Å². The first kappa shape index (κ1) is 20.5. The molecule has 0 aliphatic carbocycles. The molecule has 0 saturated heterocycles. The fourth-order valence-corrected chi connectivity index (χ4v) is 4.93. The largest absolute Gasteiger partial charge is 0.315 e. The molecule has 1 aliphatic heterocycles. The molecule has 3 nitrogen and oxygen atoms in total. The lowest BCUT2D eigenvalue weighted by Gasteiger charge is -2.29. The molecule has 146 valence electrons. The summed E-state index contributed by atoms with van der Waals surface area (Å²) in [5.41, 5.74) is 4.93. The SMILES string of the molecule is CCCCCCCN(OCl)C1c2ccc(C)cc2SN(C)c2ccccc21. The molecule has 0 N–H and O–H groups in total. The van der Waals surface area contributed by atoms with Crippen molar-refractivity contribution < 1.29 is 4.39 Å². The second kappa shape index (κ2) is 9.83. The minimum Gasteiger partial charge on any atom is -0.315 e. The van der Waals surface area contributed by atoms with E-state index in [4.69, 9.17) is 16.3 Å². The van der Waals surface area contributed by atoms with Crippen molar-refractivity contribution in [2.24, 2.45) is 0 Å². The van der Waals surface area contributed by atoms with Gasteiger partial charge in [0.1, 0.15) is 0 Å². The van der Waals surface area contributed by atoms with Gasteiger partial charge >= 0.3 is 0 Å². The number of halogens is 1. The molecule has 1 unspecified atom stereocenters. The number of anilines is 1. The number of hydrogen-bond acceptors (Lipinski definition) is 4. The summed E-state index contributed by atoms with van der Waals surface area (Å²) in [5.74, 6) is 0. The van der Waals surface area contributed by atoms with Crippen LogP contribution in [0.1, 0.15) is 61.8 Å². The number of nitrogens with zero attached hydrogens (tertiary/aromatic N) is 2. The third-order valence-electron chi connectivity index (χ3n) is 5.13. The lowest BCUT2D eigenvalue weighted by molar-refractivity contribution is -0.0798. The molecular weight excluding hydrogens is 376 g/mol. The number of aryl methyl sites for hydroxylation is 1. The van der Waals surface area contributed by atoms with Crippen molar-refractivity contribution in [2.45, 2.75) is 56.9 Å². The summed E-state index contributed by atoms with van der Waals surface area (Å²) in [5, 5.41) is 1.94. The molecule has 0 radical (unpaired) electrons. The highest BCUT2D eigenvalue weighted by Gasteiger charge is 2.31. The van der Waals surface area contributed by atoms with Gasteiger partial charge in [-0.05, 0) is 48.6 Å². The number of benzene rings is 2. The van der Waals surface area contributed by atoms with E-state index < -0.39 is 0 Å². The van der Waals surface area contributed by atoms with E-state index in [-0.39, 0.29) is 6.04 Å². The molecule has 0 fully saturated rings. The van der Waals surface area contributed by atoms with Crippen molar-refractivity contribution >= 4 is 29.5 Å². The molecule has 27 heavy (non-hydrogen) atoms. The van der Waals surface area contributed by atoms with Gasteiger partial charge in [0.15, 0.2) is 0 Å². The van der Waals surface area contributed by atoms with Gasteiger partial charge in [0, 0.05) is 24.1 Å². The molecule has 5 heteroatoms. The molecular formula is C22H29ClN2OS. The van der Waals surface area contributed by atoms with Crippen LogP contribution in [0.25, 0.3) is 0 Å². The average Bonchev–Trinajstić information content (AvgIpc) is 2.79. The molecule has 0 saturated carbocycles. The minimum atomic E-state index is -0.0158. The summed E-state index contributed by atoms with van der Waals surface area (Å²) in [4.78, 5) is 1.25. The number of fused-ring (bicyclic) bond motifs is 2. The predicted octanol–water partition coefficient (Wildman–Crippen LogP) is 6.90. The molecule has 3 rings (SSSR count). The summed E-state index contributed by atoms with van der Waals surface area (Å²) < 4.78 is 7.65. The molecule has 0 spiro atoms. The van der Waals surface area contributed by atoms with Gasteiger partial charge in [-0.1, -0.05) is 62.9 Å². The van der Waals surface area contributed by atoms with E-state index in [9.17, 15) is 0 Å². The predicted molar refractivity (Wildman–Crippen MR) is 116 cm³/mol. The van der Waals surface area contributed by atoms with Crippen LogP contribution < -0.4 is 4.31 Å². The van der Waals surface area contributed by atoms with Crippen LogP contribution in [0.4, 0.5) is 5.69 Å². The highest BCUT2D eigenvalue weighted by Crippen LogP contribution is 2.45. The normalized spacial score (nSPS) is 16.2. The minimum absolute atomic E-state index is 0.0158. The second-order valence-electron chi connectivity index (χ2n) is 7.22. The third-order valence-corrected chi connectivity index (χ3v) is 6.33. The Morgan fingerprint density at radius 1 is 1.07 bits per heavy atom. The maximum Gasteiger partial charge on any atom is 0.0901 e. The van der Waals surface area contributed by atoms with E-state index in [2.05, 4.69) is 67.7 Å². The smallest absolute Gasteiger partial charge is 0.0901 e. The van der Waals surface area contributed by atoms with E-state index in [0.717, 1.165) is 13.0 Å². The Labute approximate surface area is 172 Å². The van der Waals surface area contributed by atoms with Crippen LogP contribution in [0.2, 0.25) is 0 Å². The van der Waals surface area contributed by atoms with Crippen LogP contribution in [0.3, 0.4) is 0 Å². The van der Waals surface area contributed by atoms with E-state index in [0.29, 0.717) is 0 Å². The number of para-hydroxylation sites is 1. The maximum atomic E-state index is 6.00. The van der Waals surface area contributed by atoms with Crippen LogP contribution in [0, 0.1) is 6.92 Å². The van der Waals surface area contributed by atoms with Gasteiger partial charge in [-0.15, -0.1) is 0 Å². The molecule has 2 aromatic rings. The fourth-order valence-electron chi connectivity index (χ4n) is 3.70. The first-order chi connectivity index (χ1) is 13.2. The van der Waals surface area contributed by atoms with Gasteiger partial charge in [0.2, 0.25) is 0 Å². The van der Waals surface area contributed by atoms with Crippen LogP contribution in [0.5, 0.6) is 0 Å². The summed E-state index contributed by atoms with van der Waals surface area (Å²) >= 11 is 7.76. The number of hydrogen-bond donors (Lipinski definition) is 0. The van der Waals surface area contributed by atoms with Crippen molar-refractivity contribution in [1.29, 1.82) is 0 Å². The van der Waals surface area contributed by atoms with Crippen LogP contribution in [-0.2, 0) is 4.39 Å². The molecule has 0 aromatic heterocycles. The van der Waals surface area contributed by atoms with E-state index in [1.807, 2.05) is 5.06 Å². The summed E-state index contributed by atoms with van der Waals surface area (Å²) in [6.45, 7) is 5.19. The Morgan fingerprint density at radius 2 is 1.85 bits per heavy atom. The lowest BCUT2D eigenvalue weighted by Crippen LogP contribution is -2.29. The molecule has 1 aliphatic rings. The van der Waals surface area contributed by atoms with Crippen molar-refractivity contribution in [3.8, 4) is 0 Å². The Morgan fingerprint density at radius 3 is 2.63 bits per heavy atom. The topological polar surface area (TPSA) is 15.7 Å². The van der Waals surface area contributed by atoms with Gasteiger partial charge in [-0.2, -0.15) is 9.45 Å². The summed E-state index contributed by atoms with van der Waals surface area (Å²) in [7, 11) is 2.12.